The van der Waals surface area contributed by atoms with Crippen molar-refractivity contribution in [3.05, 3.63) is 67.9 Å². The number of rotatable bonds is 2. The van der Waals surface area contributed by atoms with Crippen LogP contribution in [0, 0.1) is 5.82 Å². The van der Waals surface area contributed by atoms with Crippen molar-refractivity contribution in [1.29, 1.82) is 0 Å². The van der Waals surface area contributed by atoms with E-state index in [2.05, 4.69) is 21.2 Å². The Morgan fingerprint density at radius 3 is 2.86 bits per heavy atom. The van der Waals surface area contributed by atoms with Crippen LogP contribution in [0.1, 0.15) is 27.0 Å². The summed E-state index contributed by atoms with van der Waals surface area (Å²) in [5, 5.41) is 3.19. The number of nitrogens with one attached hydrogen (secondary N) is 1. The zero-order valence-corrected chi connectivity index (χ0v) is 13.4. The van der Waals surface area contributed by atoms with Gasteiger partial charge in [-0.1, -0.05) is 23.7 Å². The summed E-state index contributed by atoms with van der Waals surface area (Å²) in [6, 6.07) is 8.56. The van der Waals surface area contributed by atoms with E-state index in [1.165, 1.54) is 11.6 Å². The predicted molar refractivity (Wildman–Crippen MR) is 84.4 cm³/mol. The number of ketones is 1. The zero-order chi connectivity index (χ0) is 15.0. The molecule has 0 aliphatic carbocycles. The second kappa shape index (κ2) is 5.87. The van der Waals surface area contributed by atoms with Gasteiger partial charge in [0.2, 0.25) is 0 Å². The molecule has 0 atom stereocenters. The standard InChI is InChI=1S/C16H12BrClFNO/c17-13-4-3-12(15(19)14(13)18)16(21)10-2-1-9-5-6-20-8-11(9)7-10/h1-4,7,20H,5-6,8H2. The lowest BCUT2D eigenvalue weighted by Gasteiger charge is -2.17. The minimum Gasteiger partial charge on any atom is -0.312 e. The van der Waals surface area contributed by atoms with Crippen LogP contribution in [0.3, 0.4) is 0 Å². The van der Waals surface area contributed by atoms with Crippen molar-refractivity contribution in [2.75, 3.05) is 6.54 Å². The van der Waals surface area contributed by atoms with Gasteiger partial charge in [0.25, 0.3) is 0 Å². The Balaban J connectivity index is 2.01. The van der Waals surface area contributed by atoms with E-state index in [9.17, 15) is 9.18 Å². The zero-order valence-electron chi connectivity index (χ0n) is 11.1. The van der Waals surface area contributed by atoms with E-state index in [1.807, 2.05) is 12.1 Å². The number of halogens is 3. The van der Waals surface area contributed by atoms with Crippen molar-refractivity contribution in [2.24, 2.45) is 0 Å². The van der Waals surface area contributed by atoms with Gasteiger partial charge in [-0.15, -0.1) is 0 Å². The van der Waals surface area contributed by atoms with Crippen molar-refractivity contribution in [3.63, 3.8) is 0 Å². The Labute approximate surface area is 135 Å². The number of hydrogen-bond acceptors (Lipinski definition) is 2. The number of carbonyl (C=O) groups excluding carboxylic acids is 1. The van der Waals surface area contributed by atoms with Gasteiger partial charge in [-0.05, 0) is 58.2 Å². The topological polar surface area (TPSA) is 29.1 Å². The third kappa shape index (κ3) is 2.76. The van der Waals surface area contributed by atoms with E-state index in [-0.39, 0.29) is 16.4 Å². The Kier molecular flexibility index (Phi) is 4.11. The van der Waals surface area contributed by atoms with E-state index in [0.717, 1.165) is 25.1 Å². The largest absolute Gasteiger partial charge is 0.312 e. The molecule has 0 saturated heterocycles. The fourth-order valence-corrected chi connectivity index (χ4v) is 2.95. The van der Waals surface area contributed by atoms with Crippen LogP contribution in [-0.2, 0) is 13.0 Å². The molecule has 0 aromatic heterocycles. The van der Waals surface area contributed by atoms with Crippen LogP contribution >= 0.6 is 27.5 Å². The fourth-order valence-electron chi connectivity index (χ4n) is 2.48. The SMILES string of the molecule is O=C(c1ccc2c(c1)CNCC2)c1ccc(Br)c(Cl)c1F. The molecule has 0 amide bonds. The minimum atomic E-state index is -0.688. The maximum atomic E-state index is 14.1. The Bertz CT molecular complexity index is 732. The maximum absolute atomic E-state index is 14.1. The number of carbonyl (C=O) groups is 1. The highest BCUT2D eigenvalue weighted by molar-refractivity contribution is 9.10. The molecule has 108 valence electrons. The Morgan fingerprint density at radius 1 is 1.24 bits per heavy atom. The van der Waals surface area contributed by atoms with Crippen LogP contribution in [0.2, 0.25) is 5.02 Å². The number of benzene rings is 2. The summed E-state index contributed by atoms with van der Waals surface area (Å²) in [4.78, 5) is 12.5. The molecule has 2 aromatic carbocycles. The number of hydrogen-bond donors (Lipinski definition) is 1. The molecule has 0 fully saturated rings. The number of fused-ring (bicyclic) bond motifs is 1. The molecule has 1 aliphatic heterocycles. The molecule has 0 unspecified atom stereocenters. The molecule has 3 rings (SSSR count). The van der Waals surface area contributed by atoms with Crippen LogP contribution in [0.15, 0.2) is 34.8 Å². The molecular formula is C16H12BrClFNO. The van der Waals surface area contributed by atoms with Gasteiger partial charge in [-0.2, -0.15) is 0 Å². The van der Waals surface area contributed by atoms with Gasteiger partial charge in [0.05, 0.1) is 10.6 Å². The lowest BCUT2D eigenvalue weighted by atomic mass is 9.95. The summed E-state index contributed by atoms with van der Waals surface area (Å²) in [6.45, 7) is 1.68. The van der Waals surface area contributed by atoms with Crippen LogP contribution in [0.4, 0.5) is 4.39 Å². The molecule has 5 heteroatoms. The summed E-state index contributed by atoms with van der Waals surface area (Å²) in [7, 11) is 0. The average molecular weight is 369 g/mol. The third-order valence-electron chi connectivity index (χ3n) is 3.63. The van der Waals surface area contributed by atoms with E-state index < -0.39 is 5.82 Å². The van der Waals surface area contributed by atoms with Crippen molar-refractivity contribution < 1.29 is 9.18 Å². The van der Waals surface area contributed by atoms with Crippen molar-refractivity contribution in [1.82, 2.24) is 5.32 Å². The molecule has 0 bridgehead atoms. The van der Waals surface area contributed by atoms with Crippen LogP contribution in [0.5, 0.6) is 0 Å². The average Bonchev–Trinajstić information content (AvgIpc) is 2.52. The summed E-state index contributed by atoms with van der Waals surface area (Å²) < 4.78 is 14.6. The molecule has 0 spiro atoms. The van der Waals surface area contributed by atoms with Gasteiger partial charge in [0.15, 0.2) is 11.6 Å². The normalized spacial score (nSPS) is 13.9. The smallest absolute Gasteiger partial charge is 0.196 e. The summed E-state index contributed by atoms with van der Waals surface area (Å²) in [5.74, 6) is -1.04. The van der Waals surface area contributed by atoms with Crippen molar-refractivity contribution in [2.45, 2.75) is 13.0 Å². The van der Waals surface area contributed by atoms with E-state index >= 15 is 0 Å². The van der Waals surface area contributed by atoms with Gasteiger partial charge in [0.1, 0.15) is 0 Å². The maximum Gasteiger partial charge on any atom is 0.196 e. The van der Waals surface area contributed by atoms with E-state index in [4.69, 9.17) is 11.6 Å². The second-order valence-corrected chi connectivity index (χ2v) is 6.19. The quantitative estimate of drug-likeness (QED) is 0.638. The Morgan fingerprint density at radius 2 is 2.05 bits per heavy atom. The highest BCUT2D eigenvalue weighted by Gasteiger charge is 2.19. The monoisotopic (exact) mass is 367 g/mol. The highest BCUT2D eigenvalue weighted by atomic mass is 79.9. The first-order valence-corrected chi connectivity index (χ1v) is 7.75. The first kappa shape index (κ1) is 14.7. The molecule has 2 aromatic rings. The van der Waals surface area contributed by atoms with Gasteiger partial charge in [-0.25, -0.2) is 4.39 Å². The van der Waals surface area contributed by atoms with E-state index in [1.54, 1.807) is 12.1 Å². The van der Waals surface area contributed by atoms with Gasteiger partial charge in [-0.3, -0.25) is 4.79 Å². The third-order valence-corrected chi connectivity index (χ3v) is 4.89. The second-order valence-electron chi connectivity index (χ2n) is 4.96. The molecule has 1 heterocycles. The molecule has 21 heavy (non-hydrogen) atoms. The summed E-state index contributed by atoms with van der Waals surface area (Å²) in [5.41, 5.74) is 2.80. The van der Waals surface area contributed by atoms with Crippen molar-refractivity contribution >= 4 is 33.3 Å². The molecule has 1 N–H and O–H groups in total. The summed E-state index contributed by atoms with van der Waals surface area (Å²) >= 11 is 8.99. The Hall–Kier alpha value is -1.23. The van der Waals surface area contributed by atoms with E-state index in [0.29, 0.717) is 10.0 Å². The van der Waals surface area contributed by atoms with Crippen LogP contribution in [0.25, 0.3) is 0 Å². The molecule has 0 saturated carbocycles. The highest BCUT2D eigenvalue weighted by Crippen LogP contribution is 2.29. The molecule has 2 nitrogen and oxygen atoms in total. The minimum absolute atomic E-state index is 0.00748. The first-order valence-electron chi connectivity index (χ1n) is 6.58. The van der Waals surface area contributed by atoms with Crippen molar-refractivity contribution in [3.8, 4) is 0 Å². The molecule has 0 radical (unpaired) electrons. The van der Waals surface area contributed by atoms with Crippen LogP contribution < -0.4 is 5.32 Å². The molecule has 1 aliphatic rings. The lowest BCUT2D eigenvalue weighted by molar-refractivity contribution is 0.103. The lowest BCUT2D eigenvalue weighted by Crippen LogP contribution is -2.24. The fraction of sp³-hybridized carbons (Fsp3) is 0.188. The van der Waals surface area contributed by atoms with Gasteiger partial charge in [0, 0.05) is 16.6 Å². The first-order chi connectivity index (χ1) is 10.1. The molecular weight excluding hydrogens is 357 g/mol. The summed E-state index contributed by atoms with van der Waals surface area (Å²) in [6.07, 6.45) is 0.947. The van der Waals surface area contributed by atoms with Gasteiger partial charge >= 0.3 is 0 Å². The predicted octanol–water partition coefficient (Wildman–Crippen LogP) is 4.12. The van der Waals surface area contributed by atoms with Crippen LogP contribution in [-0.4, -0.2) is 12.3 Å². The van der Waals surface area contributed by atoms with Gasteiger partial charge < -0.3 is 5.32 Å².